The normalized spacial score (nSPS) is 10.2. The lowest BCUT2D eigenvalue weighted by Gasteiger charge is -1.97. The summed E-state index contributed by atoms with van der Waals surface area (Å²) in [7, 11) is 0. The molecule has 59 valence electrons. The Bertz CT molecular complexity index is 271. The fraction of sp³-hybridized carbons (Fsp3) is 0. The van der Waals surface area contributed by atoms with Crippen LogP contribution in [0, 0.1) is 29.3 Å². The molecule has 0 atom stereocenters. The van der Waals surface area contributed by atoms with Crippen molar-refractivity contribution >= 4 is 0 Å². The summed E-state index contributed by atoms with van der Waals surface area (Å²) in [4.78, 5) is 0. The Labute approximate surface area is 58.9 Å². The molecule has 0 aliphatic carbocycles. The van der Waals surface area contributed by atoms with Gasteiger partial charge in [0.05, 0.1) is 6.07 Å². The molecule has 0 unspecified atom stereocenters. The summed E-state index contributed by atoms with van der Waals surface area (Å²) in [6.07, 6.45) is 0. The van der Waals surface area contributed by atoms with Crippen LogP contribution in [0.2, 0.25) is 0 Å². The molecule has 1 N–H and O–H groups in total. The molecule has 1 nitrogen and oxygen atoms in total. The first-order valence-electron chi connectivity index (χ1n) is 2.48. The first kappa shape index (κ1) is 7.84. The van der Waals surface area contributed by atoms with Gasteiger partial charge >= 0.3 is 0 Å². The van der Waals surface area contributed by atoms with Gasteiger partial charge < -0.3 is 5.11 Å². The van der Waals surface area contributed by atoms with Crippen LogP contribution in [-0.2, 0) is 0 Å². The first-order valence-corrected chi connectivity index (χ1v) is 2.48. The molecule has 11 heavy (non-hydrogen) atoms. The van der Waals surface area contributed by atoms with Gasteiger partial charge in [-0.2, -0.15) is 8.78 Å². The molecule has 0 amide bonds. The maximum Gasteiger partial charge on any atom is 0.204 e. The Morgan fingerprint density at radius 1 is 0.909 bits per heavy atom. The zero-order valence-corrected chi connectivity index (χ0v) is 4.96. The van der Waals surface area contributed by atoms with Gasteiger partial charge in [-0.25, -0.2) is 8.78 Å². The molecule has 1 aromatic rings. The molecule has 0 aromatic heterocycles. The van der Waals surface area contributed by atoms with Crippen molar-refractivity contribution in [2.75, 3.05) is 0 Å². The third-order valence-electron chi connectivity index (χ3n) is 1.02. The zero-order chi connectivity index (χ0) is 8.59. The Morgan fingerprint density at radius 2 is 1.27 bits per heavy atom. The van der Waals surface area contributed by atoms with Crippen molar-refractivity contribution < 1.29 is 22.7 Å². The van der Waals surface area contributed by atoms with E-state index in [9.17, 15) is 17.6 Å². The third-order valence-corrected chi connectivity index (χ3v) is 1.02. The number of rotatable bonds is 0. The van der Waals surface area contributed by atoms with Crippen LogP contribution in [-0.4, -0.2) is 5.11 Å². The quantitative estimate of drug-likeness (QED) is 0.458. The summed E-state index contributed by atoms with van der Waals surface area (Å²) in [5.74, 6) is -8.85. The van der Waals surface area contributed by atoms with E-state index in [0.717, 1.165) is 6.07 Å². The molecule has 1 aromatic carbocycles. The van der Waals surface area contributed by atoms with E-state index < -0.39 is 29.0 Å². The van der Waals surface area contributed by atoms with E-state index in [1.54, 1.807) is 0 Å². The van der Waals surface area contributed by atoms with Gasteiger partial charge in [0.15, 0.2) is 17.4 Å². The minimum absolute atomic E-state index is 1.10. The Kier molecular flexibility index (Phi) is 1.72. The van der Waals surface area contributed by atoms with Gasteiger partial charge in [-0.1, -0.05) is 0 Å². The van der Waals surface area contributed by atoms with Gasteiger partial charge in [0, 0.05) is 0 Å². The second-order valence-electron chi connectivity index (χ2n) is 1.73. The minimum Gasteiger partial charge on any atom is -0.503 e. The highest BCUT2D eigenvalue weighted by Crippen LogP contribution is 2.23. The van der Waals surface area contributed by atoms with Gasteiger partial charge in [-0.3, -0.25) is 0 Å². The maximum absolute atomic E-state index is 12.1. The van der Waals surface area contributed by atoms with Crippen LogP contribution in [0.3, 0.4) is 0 Å². The van der Waals surface area contributed by atoms with E-state index in [1.807, 2.05) is 0 Å². The molecule has 0 saturated heterocycles. The number of aromatic hydroxyl groups is 1. The largest absolute Gasteiger partial charge is 0.503 e. The summed E-state index contributed by atoms with van der Waals surface area (Å²) in [6.45, 7) is 0. The van der Waals surface area contributed by atoms with Crippen molar-refractivity contribution in [1.82, 2.24) is 0 Å². The topological polar surface area (TPSA) is 20.2 Å². The highest BCUT2D eigenvalue weighted by atomic mass is 19.2. The van der Waals surface area contributed by atoms with E-state index in [1.165, 1.54) is 0 Å². The van der Waals surface area contributed by atoms with Crippen LogP contribution < -0.4 is 0 Å². The lowest BCUT2D eigenvalue weighted by atomic mass is 10.3. The lowest BCUT2D eigenvalue weighted by molar-refractivity contribution is 0.355. The molecule has 0 spiro atoms. The Balaban J connectivity index is 3.46. The summed E-state index contributed by atoms with van der Waals surface area (Å²) in [6, 6.07) is 1.10. The van der Waals surface area contributed by atoms with Crippen molar-refractivity contribution in [3.05, 3.63) is 29.3 Å². The molecule has 1 rings (SSSR count). The van der Waals surface area contributed by atoms with Crippen molar-refractivity contribution in [2.24, 2.45) is 0 Å². The van der Waals surface area contributed by atoms with E-state index in [0.29, 0.717) is 0 Å². The van der Waals surface area contributed by atoms with E-state index in [-0.39, 0.29) is 0 Å². The molecule has 5 heteroatoms. The maximum atomic E-state index is 12.1. The van der Waals surface area contributed by atoms with Gasteiger partial charge in [0.2, 0.25) is 11.6 Å². The van der Waals surface area contributed by atoms with Crippen LogP contribution >= 0.6 is 0 Å². The SMILES string of the molecule is Oc1c(F)c(F)[c]c(F)c1F. The molecule has 0 bridgehead atoms. The van der Waals surface area contributed by atoms with Crippen LogP contribution in [0.25, 0.3) is 0 Å². The first-order chi connectivity index (χ1) is 5.04. The average Bonchev–Trinajstić information content (AvgIpc) is 1.97. The van der Waals surface area contributed by atoms with Crippen LogP contribution in [0.1, 0.15) is 0 Å². The Morgan fingerprint density at radius 3 is 1.64 bits per heavy atom. The van der Waals surface area contributed by atoms with E-state index in [2.05, 4.69) is 0 Å². The highest BCUT2D eigenvalue weighted by molar-refractivity contribution is 5.25. The Hall–Kier alpha value is -1.26. The molecule has 0 aliphatic heterocycles. The standard InChI is InChI=1S/C6HF4O/c7-2-1-3(8)5(10)6(11)4(2)9/h11H. The monoisotopic (exact) mass is 165 g/mol. The summed E-state index contributed by atoms with van der Waals surface area (Å²) >= 11 is 0. The van der Waals surface area contributed by atoms with Gasteiger partial charge in [0.25, 0.3) is 0 Å². The number of halogens is 4. The van der Waals surface area contributed by atoms with Crippen molar-refractivity contribution in [2.45, 2.75) is 0 Å². The lowest BCUT2D eigenvalue weighted by Crippen LogP contribution is -1.93. The van der Waals surface area contributed by atoms with E-state index in [4.69, 9.17) is 5.11 Å². The fourth-order valence-corrected chi connectivity index (χ4v) is 0.510. The minimum atomic E-state index is -1.84. The number of hydrogen-bond donors (Lipinski definition) is 1. The van der Waals surface area contributed by atoms with Gasteiger partial charge in [0.1, 0.15) is 0 Å². The molecular weight excluding hydrogens is 164 g/mol. The molecule has 0 fully saturated rings. The van der Waals surface area contributed by atoms with Crippen molar-refractivity contribution in [1.29, 1.82) is 0 Å². The zero-order valence-electron chi connectivity index (χ0n) is 4.96. The van der Waals surface area contributed by atoms with Crippen molar-refractivity contribution in [3.8, 4) is 5.75 Å². The second kappa shape index (κ2) is 2.41. The summed E-state index contributed by atoms with van der Waals surface area (Å²) in [5.41, 5.74) is 0. The average molecular weight is 165 g/mol. The van der Waals surface area contributed by atoms with Crippen LogP contribution in [0.5, 0.6) is 5.75 Å². The molecule has 0 aliphatic rings. The number of phenolic OH excluding ortho intramolecular Hbond substituents is 1. The number of phenols is 1. The van der Waals surface area contributed by atoms with Gasteiger partial charge in [-0.05, 0) is 0 Å². The second-order valence-corrected chi connectivity index (χ2v) is 1.73. The third kappa shape index (κ3) is 1.13. The fourth-order valence-electron chi connectivity index (χ4n) is 0.510. The number of benzene rings is 1. The predicted molar refractivity (Wildman–Crippen MR) is 26.8 cm³/mol. The molecular formula is C6HF4O. The number of hydrogen-bond acceptors (Lipinski definition) is 1. The summed E-state index contributed by atoms with van der Waals surface area (Å²) in [5, 5.41) is 8.32. The highest BCUT2D eigenvalue weighted by Gasteiger charge is 2.17. The molecule has 0 saturated carbocycles. The van der Waals surface area contributed by atoms with Crippen LogP contribution in [0.4, 0.5) is 17.6 Å². The molecule has 1 radical (unpaired) electrons. The van der Waals surface area contributed by atoms with Crippen molar-refractivity contribution in [3.63, 3.8) is 0 Å². The molecule has 0 heterocycles. The smallest absolute Gasteiger partial charge is 0.204 e. The predicted octanol–water partition coefficient (Wildman–Crippen LogP) is 1.75. The van der Waals surface area contributed by atoms with E-state index >= 15 is 0 Å². The van der Waals surface area contributed by atoms with Gasteiger partial charge in [-0.15, -0.1) is 0 Å². The van der Waals surface area contributed by atoms with Crippen LogP contribution in [0.15, 0.2) is 0 Å². The summed E-state index contributed by atoms with van der Waals surface area (Å²) < 4.78 is 48.3.